The second kappa shape index (κ2) is 9.17. The molecule has 4 aromatic rings. The molecule has 0 spiro atoms. The van der Waals surface area contributed by atoms with Gasteiger partial charge in [-0.2, -0.15) is 0 Å². The van der Waals surface area contributed by atoms with Crippen molar-refractivity contribution in [3.05, 3.63) is 112 Å². The van der Waals surface area contributed by atoms with E-state index in [-0.39, 0.29) is 11.3 Å². The molecule has 1 fully saturated rings. The number of aliphatic hydroxyl groups is 1. The van der Waals surface area contributed by atoms with Crippen LogP contribution in [0.4, 0.5) is 5.69 Å². The topological polar surface area (TPSA) is 66.8 Å². The second-order valence-electron chi connectivity index (χ2n) is 8.85. The minimum atomic E-state index is -0.851. The van der Waals surface area contributed by atoms with E-state index in [2.05, 4.69) is 0 Å². The van der Waals surface area contributed by atoms with Crippen molar-refractivity contribution < 1.29 is 19.4 Å². The summed E-state index contributed by atoms with van der Waals surface area (Å²) in [6, 6.07) is 23.1. The van der Waals surface area contributed by atoms with E-state index >= 15 is 0 Å². The van der Waals surface area contributed by atoms with Crippen LogP contribution in [-0.2, 0) is 9.59 Å². The molecule has 1 heterocycles. The van der Waals surface area contributed by atoms with E-state index in [1.807, 2.05) is 62.4 Å². The lowest BCUT2D eigenvalue weighted by Gasteiger charge is -2.27. The smallest absolute Gasteiger partial charge is 0.300 e. The molecule has 0 saturated carbocycles. The lowest BCUT2D eigenvalue weighted by atomic mass is 9.90. The Labute approximate surface area is 214 Å². The molecule has 1 amide bonds. The number of ether oxygens (including phenoxy) is 1. The number of halogens is 1. The maximum atomic E-state index is 13.6. The van der Waals surface area contributed by atoms with Gasteiger partial charge in [0.1, 0.15) is 11.5 Å². The molecule has 1 atom stereocenters. The van der Waals surface area contributed by atoms with Gasteiger partial charge in [-0.3, -0.25) is 14.5 Å². The number of ketones is 1. The van der Waals surface area contributed by atoms with Crippen LogP contribution in [0.3, 0.4) is 0 Å². The summed E-state index contributed by atoms with van der Waals surface area (Å²) in [5.74, 6) is -1.02. The number of aryl methyl sites for hydroxylation is 2. The zero-order chi connectivity index (χ0) is 25.6. The third kappa shape index (κ3) is 3.82. The minimum Gasteiger partial charge on any atom is -0.507 e. The summed E-state index contributed by atoms with van der Waals surface area (Å²) in [6.07, 6.45) is 0. The van der Waals surface area contributed by atoms with Crippen LogP contribution in [0.15, 0.2) is 84.4 Å². The largest absolute Gasteiger partial charge is 0.507 e. The van der Waals surface area contributed by atoms with E-state index in [0.29, 0.717) is 22.0 Å². The van der Waals surface area contributed by atoms with Crippen molar-refractivity contribution in [3.8, 4) is 5.75 Å². The molecule has 5 nitrogen and oxygen atoms in total. The third-order valence-corrected chi connectivity index (χ3v) is 6.88. The van der Waals surface area contributed by atoms with Gasteiger partial charge in [-0.15, -0.1) is 0 Å². The van der Waals surface area contributed by atoms with Crippen molar-refractivity contribution in [1.82, 2.24) is 0 Å². The van der Waals surface area contributed by atoms with Gasteiger partial charge in [0.2, 0.25) is 0 Å². The Morgan fingerprint density at radius 2 is 1.64 bits per heavy atom. The molecule has 6 heteroatoms. The number of benzene rings is 4. The van der Waals surface area contributed by atoms with Crippen LogP contribution in [0.5, 0.6) is 5.75 Å². The molecule has 1 unspecified atom stereocenters. The van der Waals surface area contributed by atoms with E-state index in [0.717, 1.165) is 27.5 Å². The lowest BCUT2D eigenvalue weighted by molar-refractivity contribution is -0.132. The first-order valence-electron chi connectivity index (χ1n) is 11.5. The van der Waals surface area contributed by atoms with Gasteiger partial charge in [-0.05, 0) is 71.6 Å². The molecule has 180 valence electrons. The van der Waals surface area contributed by atoms with Gasteiger partial charge in [0, 0.05) is 16.3 Å². The number of nitrogens with zero attached hydrogens (tertiary/aromatic N) is 1. The fraction of sp³-hybridized carbons (Fsp3) is 0.133. The summed E-state index contributed by atoms with van der Waals surface area (Å²) in [5.41, 5.74) is 3.24. The molecule has 1 N–H and O–H groups in total. The van der Waals surface area contributed by atoms with Crippen molar-refractivity contribution in [2.45, 2.75) is 19.9 Å². The van der Waals surface area contributed by atoms with E-state index in [1.54, 1.807) is 37.4 Å². The molecule has 5 rings (SSSR count). The number of rotatable bonds is 4. The number of amides is 1. The highest BCUT2D eigenvalue weighted by Gasteiger charge is 2.47. The first-order valence-corrected chi connectivity index (χ1v) is 11.9. The third-order valence-electron chi connectivity index (χ3n) is 6.65. The number of carbonyl (C=O) groups is 2. The zero-order valence-corrected chi connectivity index (χ0v) is 20.8. The van der Waals surface area contributed by atoms with Crippen LogP contribution in [0.25, 0.3) is 16.5 Å². The SMILES string of the molecule is COc1cc(C)c(/C(O)=C2\C(=O)C(=O)N(c3cccc(Cl)c3)C2c2cccc3ccccc23)cc1C. The number of hydrogen-bond donors (Lipinski definition) is 1. The number of anilines is 1. The monoisotopic (exact) mass is 497 g/mol. The molecular weight excluding hydrogens is 474 g/mol. The molecule has 1 aliphatic rings. The van der Waals surface area contributed by atoms with Crippen LogP contribution in [0.1, 0.15) is 28.3 Å². The number of fused-ring (bicyclic) bond motifs is 1. The predicted octanol–water partition coefficient (Wildman–Crippen LogP) is 6.74. The van der Waals surface area contributed by atoms with Crippen LogP contribution in [0.2, 0.25) is 5.02 Å². The molecule has 0 bridgehead atoms. The molecule has 0 aromatic heterocycles. The Morgan fingerprint density at radius 1 is 0.917 bits per heavy atom. The molecule has 36 heavy (non-hydrogen) atoms. The van der Waals surface area contributed by atoms with Crippen molar-refractivity contribution in [2.24, 2.45) is 0 Å². The molecular formula is C30H24ClNO4. The Bertz CT molecular complexity index is 1570. The van der Waals surface area contributed by atoms with Crippen LogP contribution in [0, 0.1) is 13.8 Å². The van der Waals surface area contributed by atoms with E-state index in [4.69, 9.17) is 16.3 Å². The Hall–Kier alpha value is -4.09. The normalized spacial score (nSPS) is 17.1. The van der Waals surface area contributed by atoms with Gasteiger partial charge < -0.3 is 9.84 Å². The standard InChI is InChI=1S/C30H24ClNO4/c1-17-15-25(36-3)18(2)14-24(17)28(33)26-27(23-13-6-9-19-8-4-5-12-22(19)23)32(30(35)29(26)34)21-11-7-10-20(31)16-21/h4-16,27,33H,1-3H3/b28-26+. The fourth-order valence-electron chi connectivity index (χ4n) is 4.92. The number of hydrogen-bond acceptors (Lipinski definition) is 4. The number of methoxy groups -OCH3 is 1. The maximum absolute atomic E-state index is 13.6. The molecule has 0 aliphatic carbocycles. The van der Waals surface area contributed by atoms with Crippen molar-refractivity contribution in [1.29, 1.82) is 0 Å². The molecule has 0 radical (unpaired) electrons. The number of Topliss-reactive ketones (excluding diaryl/α,β-unsaturated/α-hetero) is 1. The van der Waals surface area contributed by atoms with E-state index < -0.39 is 17.7 Å². The average molecular weight is 498 g/mol. The van der Waals surface area contributed by atoms with Crippen LogP contribution < -0.4 is 9.64 Å². The van der Waals surface area contributed by atoms with Crippen molar-refractivity contribution >= 4 is 45.5 Å². The molecule has 4 aromatic carbocycles. The fourth-order valence-corrected chi connectivity index (χ4v) is 5.10. The highest BCUT2D eigenvalue weighted by Crippen LogP contribution is 2.45. The summed E-state index contributed by atoms with van der Waals surface area (Å²) in [4.78, 5) is 28.5. The average Bonchev–Trinajstić information content (AvgIpc) is 3.14. The summed E-state index contributed by atoms with van der Waals surface area (Å²) < 4.78 is 5.41. The number of carbonyl (C=O) groups excluding carboxylic acids is 2. The minimum absolute atomic E-state index is 0.0315. The summed E-state index contributed by atoms with van der Waals surface area (Å²) in [7, 11) is 1.58. The maximum Gasteiger partial charge on any atom is 0.300 e. The van der Waals surface area contributed by atoms with E-state index in [9.17, 15) is 14.7 Å². The highest BCUT2D eigenvalue weighted by molar-refractivity contribution is 6.52. The zero-order valence-electron chi connectivity index (χ0n) is 20.1. The van der Waals surface area contributed by atoms with Gasteiger partial charge >= 0.3 is 0 Å². The van der Waals surface area contributed by atoms with Crippen LogP contribution >= 0.6 is 11.6 Å². The Morgan fingerprint density at radius 3 is 2.39 bits per heavy atom. The van der Waals surface area contributed by atoms with E-state index in [1.165, 1.54) is 4.90 Å². The first-order chi connectivity index (χ1) is 17.3. The first kappa shape index (κ1) is 23.6. The summed E-state index contributed by atoms with van der Waals surface area (Å²) in [6.45, 7) is 3.69. The molecule has 1 saturated heterocycles. The van der Waals surface area contributed by atoms with Crippen LogP contribution in [-0.4, -0.2) is 23.9 Å². The summed E-state index contributed by atoms with van der Waals surface area (Å²) >= 11 is 6.26. The van der Waals surface area contributed by atoms with Gasteiger partial charge in [0.25, 0.3) is 11.7 Å². The van der Waals surface area contributed by atoms with Crippen molar-refractivity contribution in [3.63, 3.8) is 0 Å². The summed E-state index contributed by atoms with van der Waals surface area (Å²) in [5, 5.41) is 13.9. The Balaban J connectivity index is 1.82. The Kier molecular flexibility index (Phi) is 6.02. The highest BCUT2D eigenvalue weighted by atomic mass is 35.5. The quantitative estimate of drug-likeness (QED) is 0.192. The second-order valence-corrected chi connectivity index (χ2v) is 9.29. The van der Waals surface area contributed by atoms with Gasteiger partial charge in [-0.25, -0.2) is 0 Å². The van der Waals surface area contributed by atoms with Gasteiger partial charge in [0.05, 0.1) is 18.7 Å². The van der Waals surface area contributed by atoms with Gasteiger partial charge in [-0.1, -0.05) is 60.1 Å². The predicted molar refractivity (Wildman–Crippen MR) is 143 cm³/mol. The molecule has 1 aliphatic heterocycles. The number of aliphatic hydroxyl groups excluding tert-OH is 1. The van der Waals surface area contributed by atoms with Crippen molar-refractivity contribution in [2.75, 3.05) is 12.0 Å². The van der Waals surface area contributed by atoms with Gasteiger partial charge in [0.15, 0.2) is 0 Å². The lowest BCUT2D eigenvalue weighted by Crippen LogP contribution is -2.29.